The van der Waals surface area contributed by atoms with Gasteiger partial charge in [0.25, 0.3) is 5.91 Å². The molecule has 1 spiro atoms. The maximum atomic E-state index is 13.4. The van der Waals surface area contributed by atoms with Crippen molar-refractivity contribution < 1.29 is 19.1 Å². The summed E-state index contributed by atoms with van der Waals surface area (Å²) in [7, 11) is 0. The van der Waals surface area contributed by atoms with E-state index in [1.807, 2.05) is 56.3 Å². The first kappa shape index (κ1) is 19.9. The highest BCUT2D eigenvalue weighted by molar-refractivity contribution is 6.09. The van der Waals surface area contributed by atoms with Crippen molar-refractivity contribution in [2.45, 2.75) is 38.4 Å². The van der Waals surface area contributed by atoms with Crippen LogP contribution < -0.4 is 10.1 Å². The molecule has 30 heavy (non-hydrogen) atoms. The van der Waals surface area contributed by atoms with Crippen molar-refractivity contribution >= 4 is 17.8 Å². The van der Waals surface area contributed by atoms with Crippen LogP contribution in [-0.2, 0) is 21.7 Å². The molecule has 0 unspecified atom stereocenters. The second-order valence-electron chi connectivity index (χ2n) is 7.92. The molecule has 1 fully saturated rings. The molecular weight excluding hydrogens is 382 g/mol. The zero-order chi connectivity index (χ0) is 21.3. The second kappa shape index (κ2) is 7.82. The quantitative estimate of drug-likeness (QED) is 0.773. The molecule has 2 aromatic carbocycles. The maximum Gasteiger partial charge on any atom is 0.325 e. The van der Waals surface area contributed by atoms with Crippen molar-refractivity contribution in [2.75, 3.05) is 13.2 Å². The molecule has 1 saturated heterocycles. The number of hydrogen-bond acceptors (Lipinski definition) is 4. The standard InChI is InChI=1S/C23H25N3O4/c1-16(2)25(14-17-8-4-3-5-9-17)20(27)15-26-21(28)23(24-22(26)29)12-13-30-19-11-7-6-10-18(19)23/h3-11,16H,12-15H2,1-2H3,(H,24,29)/t23-/m0/s1. The van der Waals surface area contributed by atoms with Crippen LogP contribution in [0.4, 0.5) is 4.79 Å². The number of carbonyl (C=O) groups is 3. The SMILES string of the molecule is CC(C)N(Cc1ccccc1)C(=O)CN1C(=O)N[C@]2(CCOc3ccccc32)C1=O. The van der Waals surface area contributed by atoms with Crippen LogP contribution in [0, 0.1) is 0 Å². The zero-order valence-electron chi connectivity index (χ0n) is 17.1. The summed E-state index contributed by atoms with van der Waals surface area (Å²) in [6.07, 6.45) is 0.331. The smallest absolute Gasteiger partial charge is 0.325 e. The summed E-state index contributed by atoms with van der Waals surface area (Å²) in [4.78, 5) is 41.9. The van der Waals surface area contributed by atoms with E-state index in [9.17, 15) is 14.4 Å². The minimum Gasteiger partial charge on any atom is -0.493 e. The summed E-state index contributed by atoms with van der Waals surface area (Å²) < 4.78 is 5.65. The molecule has 0 saturated carbocycles. The van der Waals surface area contributed by atoms with Crippen LogP contribution in [0.3, 0.4) is 0 Å². The Hall–Kier alpha value is -3.35. The molecule has 2 aromatic rings. The Kier molecular flexibility index (Phi) is 5.20. The van der Waals surface area contributed by atoms with E-state index in [4.69, 9.17) is 4.74 Å². The summed E-state index contributed by atoms with van der Waals surface area (Å²) >= 11 is 0. The number of ether oxygens (including phenoxy) is 1. The van der Waals surface area contributed by atoms with E-state index in [-0.39, 0.29) is 18.5 Å². The summed E-state index contributed by atoms with van der Waals surface area (Å²) in [5, 5.41) is 2.84. The minimum absolute atomic E-state index is 0.0729. The highest BCUT2D eigenvalue weighted by Crippen LogP contribution is 2.40. The molecular formula is C23H25N3O4. The van der Waals surface area contributed by atoms with Crippen LogP contribution >= 0.6 is 0 Å². The Morgan fingerprint density at radius 3 is 2.57 bits per heavy atom. The zero-order valence-corrected chi connectivity index (χ0v) is 17.1. The number of nitrogens with one attached hydrogen (secondary N) is 1. The normalized spacial score (nSPS) is 20.2. The van der Waals surface area contributed by atoms with E-state index in [0.29, 0.717) is 30.9 Å². The van der Waals surface area contributed by atoms with E-state index in [1.54, 1.807) is 17.0 Å². The number of urea groups is 1. The molecule has 2 aliphatic rings. The average Bonchev–Trinajstić information content (AvgIpc) is 2.97. The van der Waals surface area contributed by atoms with Gasteiger partial charge < -0.3 is 15.0 Å². The third-order valence-corrected chi connectivity index (χ3v) is 5.69. The van der Waals surface area contributed by atoms with Gasteiger partial charge in [0.2, 0.25) is 5.91 Å². The average molecular weight is 407 g/mol. The number of imide groups is 1. The lowest BCUT2D eigenvalue weighted by molar-refractivity contribution is -0.141. The van der Waals surface area contributed by atoms with Gasteiger partial charge in [-0.25, -0.2) is 4.79 Å². The van der Waals surface area contributed by atoms with Crippen LogP contribution in [-0.4, -0.2) is 46.8 Å². The Labute approximate surface area is 175 Å². The van der Waals surface area contributed by atoms with Gasteiger partial charge in [-0.15, -0.1) is 0 Å². The number of hydrogen-bond donors (Lipinski definition) is 1. The minimum atomic E-state index is -1.17. The van der Waals surface area contributed by atoms with Crippen LogP contribution in [0.25, 0.3) is 0 Å². The first-order chi connectivity index (χ1) is 14.4. The summed E-state index contributed by atoms with van der Waals surface area (Å²) in [6.45, 7) is 4.28. The van der Waals surface area contributed by atoms with Crippen molar-refractivity contribution in [1.82, 2.24) is 15.1 Å². The molecule has 7 nitrogen and oxygen atoms in total. The Morgan fingerprint density at radius 2 is 1.83 bits per heavy atom. The Balaban J connectivity index is 1.56. The topological polar surface area (TPSA) is 79.0 Å². The van der Waals surface area contributed by atoms with Crippen molar-refractivity contribution in [2.24, 2.45) is 0 Å². The maximum absolute atomic E-state index is 13.4. The van der Waals surface area contributed by atoms with Gasteiger partial charge >= 0.3 is 6.03 Å². The monoisotopic (exact) mass is 407 g/mol. The van der Waals surface area contributed by atoms with E-state index >= 15 is 0 Å². The van der Waals surface area contributed by atoms with Crippen molar-refractivity contribution in [3.63, 3.8) is 0 Å². The molecule has 156 valence electrons. The molecule has 0 bridgehead atoms. The number of nitrogens with zero attached hydrogens (tertiary/aromatic N) is 2. The number of carbonyl (C=O) groups excluding carboxylic acids is 3. The molecule has 0 aliphatic carbocycles. The van der Waals surface area contributed by atoms with Crippen LogP contribution in [0.5, 0.6) is 5.75 Å². The largest absolute Gasteiger partial charge is 0.493 e. The molecule has 0 aromatic heterocycles. The van der Waals surface area contributed by atoms with Crippen LogP contribution in [0.2, 0.25) is 0 Å². The van der Waals surface area contributed by atoms with Crippen molar-refractivity contribution in [3.8, 4) is 5.75 Å². The van der Waals surface area contributed by atoms with E-state index in [0.717, 1.165) is 10.5 Å². The van der Waals surface area contributed by atoms with Gasteiger partial charge in [0.15, 0.2) is 5.54 Å². The predicted octanol–water partition coefficient (Wildman–Crippen LogP) is 2.65. The fourth-order valence-electron chi connectivity index (χ4n) is 4.08. The Morgan fingerprint density at radius 1 is 1.13 bits per heavy atom. The summed E-state index contributed by atoms with van der Waals surface area (Å²) in [5.41, 5.74) is 0.454. The van der Waals surface area contributed by atoms with E-state index < -0.39 is 17.5 Å². The molecule has 4 amide bonds. The van der Waals surface area contributed by atoms with Crippen molar-refractivity contribution in [1.29, 1.82) is 0 Å². The number of amides is 4. The fourth-order valence-corrected chi connectivity index (χ4v) is 4.08. The van der Waals surface area contributed by atoms with Gasteiger partial charge in [-0.05, 0) is 25.5 Å². The van der Waals surface area contributed by atoms with Crippen molar-refractivity contribution in [3.05, 3.63) is 65.7 Å². The summed E-state index contributed by atoms with van der Waals surface area (Å²) in [6, 6.07) is 16.2. The molecule has 1 atom stereocenters. The van der Waals surface area contributed by atoms with Gasteiger partial charge in [-0.2, -0.15) is 0 Å². The first-order valence-electron chi connectivity index (χ1n) is 10.1. The second-order valence-corrected chi connectivity index (χ2v) is 7.92. The molecule has 4 rings (SSSR count). The van der Waals surface area contributed by atoms with E-state index in [2.05, 4.69) is 5.32 Å². The predicted molar refractivity (Wildman–Crippen MR) is 111 cm³/mol. The molecule has 0 radical (unpaired) electrons. The third-order valence-electron chi connectivity index (χ3n) is 5.69. The van der Waals surface area contributed by atoms with Gasteiger partial charge in [0.05, 0.1) is 6.61 Å². The van der Waals surface area contributed by atoms with Gasteiger partial charge in [-0.1, -0.05) is 48.5 Å². The first-order valence-corrected chi connectivity index (χ1v) is 10.1. The van der Waals surface area contributed by atoms with Crippen LogP contribution in [0.1, 0.15) is 31.4 Å². The number of rotatable bonds is 5. The van der Waals surface area contributed by atoms with E-state index in [1.165, 1.54) is 0 Å². The van der Waals surface area contributed by atoms with Gasteiger partial charge in [0, 0.05) is 24.6 Å². The highest BCUT2D eigenvalue weighted by atomic mass is 16.5. The molecule has 2 aliphatic heterocycles. The lowest BCUT2D eigenvalue weighted by Gasteiger charge is -2.33. The fraction of sp³-hybridized carbons (Fsp3) is 0.348. The molecule has 7 heteroatoms. The lowest BCUT2D eigenvalue weighted by Crippen LogP contribution is -2.48. The third kappa shape index (κ3) is 3.40. The molecule has 1 N–H and O–H groups in total. The number of benzene rings is 2. The highest BCUT2D eigenvalue weighted by Gasteiger charge is 2.55. The summed E-state index contributed by atoms with van der Waals surface area (Å²) in [5.74, 6) is -0.0896. The van der Waals surface area contributed by atoms with Crippen LogP contribution in [0.15, 0.2) is 54.6 Å². The molecule has 2 heterocycles. The van der Waals surface area contributed by atoms with Gasteiger partial charge in [-0.3, -0.25) is 14.5 Å². The van der Waals surface area contributed by atoms with Gasteiger partial charge in [0.1, 0.15) is 12.3 Å². The lowest BCUT2D eigenvalue weighted by atomic mass is 9.84. The number of fused-ring (bicyclic) bond motifs is 2. The Bertz CT molecular complexity index is 975. The number of para-hydroxylation sites is 1.